The molecule has 0 bridgehead atoms. The highest BCUT2D eigenvalue weighted by Gasteiger charge is 2.29. The number of aliphatic hydroxyl groups excluding tert-OH is 1. The standard InChI is InChI=1S/C17H27N3O2.2ClH/c1-12(13-7-5-4-6-8-13)20-17(2,3)11-19-16(22)15-9-14(21)10-18-15;;/h4-8,12,14-15,18,20-21H,9-11H2,1-3H3,(H,19,22);2*1H. The number of carbonyl (C=O) groups is 1. The molecule has 24 heavy (non-hydrogen) atoms. The summed E-state index contributed by atoms with van der Waals surface area (Å²) in [4.78, 5) is 12.1. The Labute approximate surface area is 156 Å². The van der Waals surface area contributed by atoms with E-state index in [2.05, 4.69) is 48.9 Å². The second-order valence-electron chi connectivity index (χ2n) is 6.73. The summed E-state index contributed by atoms with van der Waals surface area (Å²) in [5.74, 6) is -0.0428. The first-order valence-electron chi connectivity index (χ1n) is 7.89. The smallest absolute Gasteiger partial charge is 0.237 e. The van der Waals surface area contributed by atoms with E-state index in [9.17, 15) is 9.90 Å². The Kier molecular flexibility index (Phi) is 9.85. The van der Waals surface area contributed by atoms with Crippen LogP contribution in [0.2, 0.25) is 0 Å². The van der Waals surface area contributed by atoms with Crippen LogP contribution in [0.3, 0.4) is 0 Å². The Balaban J connectivity index is 0.00000264. The maximum atomic E-state index is 12.1. The monoisotopic (exact) mass is 377 g/mol. The lowest BCUT2D eigenvalue weighted by atomic mass is 10.0. The Bertz CT molecular complexity index is 500. The first-order valence-corrected chi connectivity index (χ1v) is 7.89. The summed E-state index contributed by atoms with van der Waals surface area (Å²) in [5.41, 5.74) is 1.00. The summed E-state index contributed by atoms with van der Waals surface area (Å²) in [5, 5.41) is 19.0. The highest BCUT2D eigenvalue weighted by molar-refractivity contribution is 5.85. The van der Waals surface area contributed by atoms with E-state index in [4.69, 9.17) is 0 Å². The molecule has 1 heterocycles. The lowest BCUT2D eigenvalue weighted by Gasteiger charge is -2.31. The fourth-order valence-electron chi connectivity index (χ4n) is 2.81. The zero-order valence-corrected chi connectivity index (χ0v) is 16.0. The van der Waals surface area contributed by atoms with E-state index < -0.39 is 6.10 Å². The van der Waals surface area contributed by atoms with Crippen LogP contribution in [0.25, 0.3) is 0 Å². The van der Waals surface area contributed by atoms with E-state index in [0.29, 0.717) is 19.5 Å². The van der Waals surface area contributed by atoms with Gasteiger partial charge >= 0.3 is 0 Å². The Hall–Kier alpha value is -0.850. The molecule has 3 unspecified atom stereocenters. The molecule has 0 saturated carbocycles. The topological polar surface area (TPSA) is 73.4 Å². The molecule has 1 amide bonds. The van der Waals surface area contributed by atoms with Crippen LogP contribution in [-0.2, 0) is 4.79 Å². The number of β-amino-alcohol motifs (C(OH)–C–C–N with tert-alkyl or cyclic N) is 1. The fraction of sp³-hybridized carbons (Fsp3) is 0.588. The fourth-order valence-corrected chi connectivity index (χ4v) is 2.81. The molecule has 1 saturated heterocycles. The van der Waals surface area contributed by atoms with E-state index in [1.54, 1.807) is 0 Å². The third-order valence-electron chi connectivity index (χ3n) is 4.04. The summed E-state index contributed by atoms with van der Waals surface area (Å²) in [7, 11) is 0. The zero-order chi connectivity index (χ0) is 16.2. The predicted molar refractivity (Wildman–Crippen MR) is 102 cm³/mol. The number of nitrogens with one attached hydrogen (secondary N) is 3. The van der Waals surface area contributed by atoms with Gasteiger partial charge in [-0.2, -0.15) is 0 Å². The van der Waals surface area contributed by atoms with Gasteiger partial charge in [-0.05, 0) is 32.8 Å². The zero-order valence-electron chi connectivity index (χ0n) is 14.4. The highest BCUT2D eigenvalue weighted by atomic mass is 35.5. The van der Waals surface area contributed by atoms with Crippen molar-refractivity contribution in [1.82, 2.24) is 16.0 Å². The molecule has 138 valence electrons. The van der Waals surface area contributed by atoms with E-state index in [-0.39, 0.29) is 48.3 Å². The molecule has 0 aliphatic carbocycles. The molecule has 0 aromatic heterocycles. The number of aliphatic hydroxyl groups is 1. The summed E-state index contributed by atoms with van der Waals surface area (Å²) in [6.07, 6.45) is 0.0695. The largest absolute Gasteiger partial charge is 0.392 e. The molecule has 0 radical (unpaired) electrons. The van der Waals surface area contributed by atoms with E-state index >= 15 is 0 Å². The average Bonchev–Trinajstić information content (AvgIpc) is 2.92. The number of hydrogen-bond donors (Lipinski definition) is 4. The maximum Gasteiger partial charge on any atom is 0.237 e. The SMILES string of the molecule is CC(NC(C)(C)CNC(=O)C1CC(O)CN1)c1ccccc1.Cl.Cl. The molecular weight excluding hydrogens is 349 g/mol. The van der Waals surface area contributed by atoms with Gasteiger partial charge in [-0.3, -0.25) is 4.79 Å². The van der Waals surface area contributed by atoms with Crippen LogP contribution < -0.4 is 16.0 Å². The first kappa shape index (κ1) is 23.1. The molecule has 1 aliphatic rings. The Morgan fingerprint density at radius 3 is 2.50 bits per heavy atom. The third kappa shape index (κ3) is 6.95. The molecule has 5 nitrogen and oxygen atoms in total. The molecule has 4 N–H and O–H groups in total. The molecule has 7 heteroatoms. The highest BCUT2D eigenvalue weighted by Crippen LogP contribution is 2.16. The number of rotatable bonds is 6. The van der Waals surface area contributed by atoms with Crippen molar-refractivity contribution < 1.29 is 9.90 Å². The van der Waals surface area contributed by atoms with Gasteiger partial charge in [0.2, 0.25) is 5.91 Å². The molecule has 2 rings (SSSR count). The van der Waals surface area contributed by atoms with Crippen LogP contribution >= 0.6 is 24.8 Å². The van der Waals surface area contributed by atoms with Gasteiger partial charge in [-0.15, -0.1) is 24.8 Å². The quantitative estimate of drug-likeness (QED) is 0.609. The van der Waals surface area contributed by atoms with Crippen molar-refractivity contribution in [2.75, 3.05) is 13.1 Å². The average molecular weight is 378 g/mol. The minimum atomic E-state index is -0.417. The van der Waals surface area contributed by atoms with Crippen molar-refractivity contribution in [2.24, 2.45) is 0 Å². The molecule has 1 aromatic rings. The van der Waals surface area contributed by atoms with Crippen molar-refractivity contribution in [3.8, 4) is 0 Å². The van der Waals surface area contributed by atoms with E-state index in [0.717, 1.165) is 0 Å². The molecule has 1 aromatic carbocycles. The van der Waals surface area contributed by atoms with Gasteiger partial charge in [-0.1, -0.05) is 30.3 Å². The second kappa shape index (κ2) is 10.2. The van der Waals surface area contributed by atoms with Gasteiger partial charge in [0.05, 0.1) is 12.1 Å². The van der Waals surface area contributed by atoms with Crippen molar-refractivity contribution in [2.45, 2.75) is 50.9 Å². The van der Waals surface area contributed by atoms with Crippen molar-refractivity contribution >= 4 is 30.7 Å². The van der Waals surface area contributed by atoms with E-state index in [1.807, 2.05) is 18.2 Å². The Morgan fingerprint density at radius 1 is 1.33 bits per heavy atom. The lowest BCUT2D eigenvalue weighted by Crippen LogP contribution is -2.52. The molecule has 3 atom stereocenters. The second-order valence-corrected chi connectivity index (χ2v) is 6.73. The number of carbonyl (C=O) groups excluding carboxylic acids is 1. The minimum absolute atomic E-state index is 0. The van der Waals surface area contributed by atoms with Crippen LogP contribution in [-0.4, -0.2) is 41.8 Å². The lowest BCUT2D eigenvalue weighted by molar-refractivity contribution is -0.123. The number of amides is 1. The van der Waals surface area contributed by atoms with Gasteiger partial charge in [0.15, 0.2) is 0 Å². The summed E-state index contributed by atoms with van der Waals surface area (Å²) in [6.45, 7) is 7.29. The van der Waals surface area contributed by atoms with Gasteiger partial charge in [0.1, 0.15) is 0 Å². The third-order valence-corrected chi connectivity index (χ3v) is 4.04. The van der Waals surface area contributed by atoms with Crippen LogP contribution in [0.1, 0.15) is 38.8 Å². The Morgan fingerprint density at radius 2 is 1.96 bits per heavy atom. The van der Waals surface area contributed by atoms with Crippen molar-refractivity contribution in [3.63, 3.8) is 0 Å². The van der Waals surface area contributed by atoms with Gasteiger partial charge in [0, 0.05) is 24.7 Å². The maximum absolute atomic E-state index is 12.1. The molecule has 0 spiro atoms. The van der Waals surface area contributed by atoms with Crippen LogP contribution in [0.4, 0.5) is 0 Å². The van der Waals surface area contributed by atoms with Gasteiger partial charge in [-0.25, -0.2) is 0 Å². The van der Waals surface area contributed by atoms with E-state index in [1.165, 1.54) is 5.56 Å². The molecule has 1 fully saturated rings. The van der Waals surface area contributed by atoms with Crippen LogP contribution in [0, 0.1) is 0 Å². The van der Waals surface area contributed by atoms with Gasteiger partial charge < -0.3 is 21.1 Å². The summed E-state index contributed by atoms with van der Waals surface area (Å²) < 4.78 is 0. The predicted octanol–water partition coefficient (Wildman–Crippen LogP) is 1.80. The normalized spacial score (nSPS) is 21.3. The van der Waals surface area contributed by atoms with Crippen LogP contribution in [0.15, 0.2) is 30.3 Å². The summed E-state index contributed by atoms with van der Waals surface area (Å²) >= 11 is 0. The van der Waals surface area contributed by atoms with Crippen LogP contribution in [0.5, 0.6) is 0 Å². The molecular formula is C17H29Cl2N3O2. The van der Waals surface area contributed by atoms with Crippen molar-refractivity contribution in [3.05, 3.63) is 35.9 Å². The van der Waals surface area contributed by atoms with Crippen molar-refractivity contribution in [1.29, 1.82) is 0 Å². The molecule has 1 aliphatic heterocycles. The number of benzene rings is 1. The first-order chi connectivity index (χ1) is 10.4. The number of hydrogen-bond acceptors (Lipinski definition) is 4. The van der Waals surface area contributed by atoms with Gasteiger partial charge in [0.25, 0.3) is 0 Å². The number of halogens is 2. The minimum Gasteiger partial charge on any atom is -0.392 e. The summed E-state index contributed by atoms with van der Waals surface area (Å²) in [6, 6.07) is 10.2.